The van der Waals surface area contributed by atoms with Gasteiger partial charge in [0.2, 0.25) is 0 Å². The van der Waals surface area contributed by atoms with Gasteiger partial charge in [0.15, 0.2) is 11.6 Å². The lowest BCUT2D eigenvalue weighted by atomic mass is 9.88. The number of fused-ring (bicyclic) bond motifs is 1. The van der Waals surface area contributed by atoms with Crippen molar-refractivity contribution in [1.29, 1.82) is 0 Å². The molecule has 0 spiro atoms. The first-order valence-electron chi connectivity index (χ1n) is 9.58. The fourth-order valence-corrected chi connectivity index (χ4v) is 3.72. The fourth-order valence-electron chi connectivity index (χ4n) is 3.72. The number of para-hydroxylation sites is 1. The Hall–Kier alpha value is -3.45. The predicted octanol–water partition coefficient (Wildman–Crippen LogP) is 3.19. The van der Waals surface area contributed by atoms with E-state index < -0.39 is 29.4 Å². The topological polar surface area (TPSA) is 78.9 Å². The van der Waals surface area contributed by atoms with Gasteiger partial charge in [-0.3, -0.25) is 9.69 Å². The molecule has 1 saturated heterocycles. The molecular weight excluding hydrogens is 387 g/mol. The minimum Gasteiger partial charge on any atom is -0.488 e. The molecule has 30 heavy (non-hydrogen) atoms. The van der Waals surface area contributed by atoms with E-state index in [4.69, 9.17) is 4.74 Å². The van der Waals surface area contributed by atoms with Crippen molar-refractivity contribution in [3.63, 3.8) is 0 Å². The van der Waals surface area contributed by atoms with E-state index in [-0.39, 0.29) is 18.9 Å². The second-order valence-corrected chi connectivity index (χ2v) is 7.39. The van der Waals surface area contributed by atoms with Gasteiger partial charge >= 0.3 is 6.03 Å². The number of rotatable bonds is 6. The maximum absolute atomic E-state index is 13.7. The minimum atomic E-state index is -1.26. The number of aliphatic hydroxyl groups excluding tert-OH is 1. The zero-order valence-corrected chi connectivity index (χ0v) is 16.3. The Morgan fingerprint density at radius 2 is 1.77 bits per heavy atom. The number of imide groups is 1. The second kappa shape index (κ2) is 7.76. The molecule has 4 rings (SSSR count). The van der Waals surface area contributed by atoms with E-state index in [9.17, 15) is 19.1 Å². The largest absolute Gasteiger partial charge is 0.488 e. The van der Waals surface area contributed by atoms with E-state index in [1.54, 1.807) is 13.0 Å². The van der Waals surface area contributed by atoms with E-state index in [0.717, 1.165) is 15.7 Å². The van der Waals surface area contributed by atoms with Gasteiger partial charge in [0.1, 0.15) is 18.2 Å². The summed E-state index contributed by atoms with van der Waals surface area (Å²) in [7, 11) is 0. The first-order valence-corrected chi connectivity index (χ1v) is 9.58. The van der Waals surface area contributed by atoms with Gasteiger partial charge in [0.05, 0.1) is 6.54 Å². The second-order valence-electron chi connectivity index (χ2n) is 7.39. The lowest BCUT2D eigenvalue weighted by molar-refractivity contribution is -0.132. The molecular formula is C23H21FN2O4. The number of hydrogen-bond acceptors (Lipinski definition) is 4. The molecule has 6 nitrogen and oxygen atoms in total. The highest BCUT2D eigenvalue weighted by molar-refractivity contribution is 6.09. The van der Waals surface area contributed by atoms with Crippen molar-refractivity contribution in [3.05, 3.63) is 78.1 Å². The highest BCUT2D eigenvalue weighted by atomic mass is 19.1. The zero-order chi connectivity index (χ0) is 21.3. The Morgan fingerprint density at radius 1 is 1.07 bits per heavy atom. The van der Waals surface area contributed by atoms with Crippen LogP contribution < -0.4 is 10.1 Å². The number of β-amino-alcohol motifs (C(OH)–C–C–N with tert-alkyl or cyclic N) is 1. The van der Waals surface area contributed by atoms with Crippen LogP contribution in [-0.4, -0.2) is 41.2 Å². The number of halogens is 1. The molecule has 0 radical (unpaired) electrons. The Morgan fingerprint density at radius 3 is 2.57 bits per heavy atom. The molecule has 0 unspecified atom stereocenters. The summed E-state index contributed by atoms with van der Waals surface area (Å²) in [6.07, 6.45) is -1.17. The Balaban J connectivity index is 1.51. The summed E-state index contributed by atoms with van der Waals surface area (Å²) >= 11 is 0. The van der Waals surface area contributed by atoms with Gasteiger partial charge in [-0.25, -0.2) is 9.18 Å². The number of nitrogens with one attached hydrogen (secondary N) is 1. The molecule has 0 bridgehead atoms. The van der Waals surface area contributed by atoms with Crippen molar-refractivity contribution < 1.29 is 23.8 Å². The van der Waals surface area contributed by atoms with E-state index in [1.807, 2.05) is 42.5 Å². The van der Waals surface area contributed by atoms with Crippen molar-refractivity contribution in [2.45, 2.75) is 18.6 Å². The van der Waals surface area contributed by atoms with Crippen molar-refractivity contribution in [2.24, 2.45) is 0 Å². The Bertz CT molecular complexity index is 1110. The van der Waals surface area contributed by atoms with Gasteiger partial charge in [-0.1, -0.05) is 54.6 Å². The molecule has 154 valence electrons. The van der Waals surface area contributed by atoms with Crippen LogP contribution in [0.3, 0.4) is 0 Å². The molecule has 1 aliphatic rings. The van der Waals surface area contributed by atoms with E-state index in [0.29, 0.717) is 5.56 Å². The molecule has 2 N–H and O–H groups in total. The number of benzene rings is 3. The van der Waals surface area contributed by atoms with Gasteiger partial charge in [-0.05, 0) is 35.4 Å². The normalized spacial score (nSPS) is 19.8. The molecule has 1 fully saturated rings. The molecule has 0 saturated carbocycles. The van der Waals surface area contributed by atoms with E-state index in [1.165, 1.54) is 18.2 Å². The van der Waals surface area contributed by atoms with Crippen LogP contribution in [0.1, 0.15) is 12.5 Å². The molecule has 0 aromatic heterocycles. The number of hydrogen-bond donors (Lipinski definition) is 2. The standard InChI is InChI=1S/C23H21FN2O4/c1-23(18-10-6-8-15-7-2-3-9-17(15)18)21(28)26(22(29)25-23)13-16(27)14-30-20-12-5-4-11-19(20)24/h2-12,16,27H,13-14H2,1H3,(H,25,29)/t16-,23+/m1/s1. The average molecular weight is 408 g/mol. The van der Waals surface area contributed by atoms with Gasteiger partial charge in [-0.15, -0.1) is 0 Å². The van der Waals surface area contributed by atoms with Crippen LogP contribution >= 0.6 is 0 Å². The van der Waals surface area contributed by atoms with Gasteiger partial charge in [-0.2, -0.15) is 0 Å². The summed E-state index contributed by atoms with van der Waals surface area (Å²) in [5, 5.41) is 14.9. The summed E-state index contributed by atoms with van der Waals surface area (Å²) in [6, 6.07) is 18.4. The number of ether oxygens (including phenoxy) is 1. The first-order chi connectivity index (χ1) is 14.4. The molecule has 7 heteroatoms. The van der Waals surface area contributed by atoms with Crippen LogP contribution in [0, 0.1) is 5.82 Å². The highest BCUT2D eigenvalue weighted by Crippen LogP contribution is 2.33. The van der Waals surface area contributed by atoms with Gasteiger partial charge in [0.25, 0.3) is 5.91 Å². The molecule has 1 heterocycles. The summed E-state index contributed by atoms with van der Waals surface area (Å²) in [5.74, 6) is -1.02. The molecule has 3 amide bonds. The minimum absolute atomic E-state index is 0.00524. The van der Waals surface area contributed by atoms with Crippen molar-refractivity contribution in [3.8, 4) is 5.75 Å². The maximum atomic E-state index is 13.7. The molecule has 2 atom stereocenters. The van der Waals surface area contributed by atoms with Crippen molar-refractivity contribution >= 4 is 22.7 Å². The van der Waals surface area contributed by atoms with Crippen LogP contribution in [0.4, 0.5) is 9.18 Å². The number of carbonyl (C=O) groups is 2. The van der Waals surface area contributed by atoms with Crippen LogP contribution in [0.25, 0.3) is 10.8 Å². The van der Waals surface area contributed by atoms with Gasteiger partial charge in [0, 0.05) is 0 Å². The van der Waals surface area contributed by atoms with Crippen LogP contribution in [-0.2, 0) is 10.3 Å². The predicted molar refractivity (Wildman–Crippen MR) is 109 cm³/mol. The SMILES string of the molecule is C[C@@]1(c2cccc3ccccc23)NC(=O)N(C[C@@H](O)COc2ccccc2F)C1=O. The molecule has 3 aromatic rings. The number of carbonyl (C=O) groups excluding carboxylic acids is 2. The monoisotopic (exact) mass is 408 g/mol. The highest BCUT2D eigenvalue weighted by Gasteiger charge is 2.49. The Kier molecular flexibility index (Phi) is 5.13. The summed E-state index contributed by atoms with van der Waals surface area (Å²) in [6.45, 7) is 1.12. The maximum Gasteiger partial charge on any atom is 0.325 e. The first kappa shape index (κ1) is 19.8. The molecule has 1 aliphatic heterocycles. The lowest BCUT2D eigenvalue weighted by Gasteiger charge is -2.24. The summed E-state index contributed by atoms with van der Waals surface area (Å²) in [5.41, 5.74) is -0.581. The van der Waals surface area contributed by atoms with E-state index in [2.05, 4.69) is 5.32 Å². The average Bonchev–Trinajstić information content (AvgIpc) is 2.96. The third-order valence-electron chi connectivity index (χ3n) is 5.26. The number of nitrogens with zero attached hydrogens (tertiary/aromatic N) is 1. The van der Waals surface area contributed by atoms with Crippen LogP contribution in [0.5, 0.6) is 5.75 Å². The zero-order valence-electron chi connectivity index (χ0n) is 16.3. The molecule has 3 aromatic carbocycles. The van der Waals surface area contributed by atoms with Crippen LogP contribution in [0.2, 0.25) is 0 Å². The summed E-state index contributed by atoms with van der Waals surface area (Å²) in [4.78, 5) is 26.7. The number of amides is 3. The number of aliphatic hydroxyl groups is 1. The van der Waals surface area contributed by atoms with E-state index >= 15 is 0 Å². The Labute approximate surface area is 172 Å². The molecule has 0 aliphatic carbocycles. The smallest absolute Gasteiger partial charge is 0.325 e. The lowest BCUT2D eigenvalue weighted by Crippen LogP contribution is -2.43. The van der Waals surface area contributed by atoms with Crippen molar-refractivity contribution in [1.82, 2.24) is 10.2 Å². The van der Waals surface area contributed by atoms with Crippen molar-refractivity contribution in [2.75, 3.05) is 13.2 Å². The van der Waals surface area contributed by atoms with Crippen LogP contribution in [0.15, 0.2) is 66.7 Å². The summed E-state index contributed by atoms with van der Waals surface area (Å²) < 4.78 is 18.9. The third kappa shape index (κ3) is 3.48. The third-order valence-corrected chi connectivity index (χ3v) is 5.26. The fraction of sp³-hybridized carbons (Fsp3) is 0.217. The number of urea groups is 1. The quantitative estimate of drug-likeness (QED) is 0.614. The van der Waals surface area contributed by atoms with Gasteiger partial charge < -0.3 is 15.2 Å².